The summed E-state index contributed by atoms with van der Waals surface area (Å²) in [6, 6.07) is 11.0. The van der Waals surface area contributed by atoms with Crippen molar-refractivity contribution in [3.05, 3.63) is 80.2 Å². The number of fused-ring (bicyclic) bond motifs is 2. The number of hydrogen-bond donors (Lipinski definition) is 6. The largest absolute Gasteiger partial charge is 0.378 e. The Kier molecular flexibility index (Phi) is 14.4. The summed E-state index contributed by atoms with van der Waals surface area (Å²) >= 11 is 7.69. The lowest BCUT2D eigenvalue weighted by Gasteiger charge is -2.29. The molecule has 17 heteroatoms. The van der Waals surface area contributed by atoms with E-state index in [0.29, 0.717) is 66.7 Å². The second kappa shape index (κ2) is 19.6. The van der Waals surface area contributed by atoms with Gasteiger partial charge < -0.3 is 25.6 Å². The van der Waals surface area contributed by atoms with Crippen LogP contribution in [0.1, 0.15) is 89.4 Å². The van der Waals surface area contributed by atoms with Crippen LogP contribution in [0, 0.1) is 24.7 Å². The molecule has 312 valence electrons. The Bertz CT molecular complexity index is 2170. The van der Waals surface area contributed by atoms with Crippen molar-refractivity contribution in [2.75, 3.05) is 43.1 Å². The first-order valence-corrected chi connectivity index (χ1v) is 21.0. The lowest BCUT2D eigenvalue weighted by molar-refractivity contribution is -0.137. The summed E-state index contributed by atoms with van der Waals surface area (Å²) in [6.07, 6.45) is 3.14. The zero-order chi connectivity index (χ0) is 42.2. The Balaban J connectivity index is 0.863. The minimum atomic E-state index is -0.809. The molecule has 3 aromatic rings. The molecule has 6 N–H and O–H groups in total. The molecule has 2 aromatic carbocycles. The number of carbonyl (C=O) groups excluding carboxylic acids is 5. The predicted molar refractivity (Wildman–Crippen MR) is 229 cm³/mol. The number of amidine groups is 2. The number of carbonyl (C=O) groups is 5. The Hall–Kier alpha value is -5.29. The van der Waals surface area contributed by atoms with Gasteiger partial charge in [-0.2, -0.15) is 0 Å². The summed E-state index contributed by atoms with van der Waals surface area (Å²) in [7, 11) is 0. The first-order chi connectivity index (χ1) is 28.3. The summed E-state index contributed by atoms with van der Waals surface area (Å²) < 4.78 is 5.71. The number of rotatable bonds is 17. The van der Waals surface area contributed by atoms with E-state index >= 15 is 0 Å². The Morgan fingerprint density at radius 1 is 1.02 bits per heavy atom. The van der Waals surface area contributed by atoms with Gasteiger partial charge >= 0.3 is 0 Å². The number of unbranched alkanes of at least 4 members (excludes halogenated alkanes) is 2. The van der Waals surface area contributed by atoms with E-state index in [0.717, 1.165) is 46.0 Å². The number of halogens is 1. The lowest BCUT2D eigenvalue weighted by atomic mass is 9.99. The number of hydrogen-bond acceptors (Lipinski definition) is 11. The van der Waals surface area contributed by atoms with Gasteiger partial charge in [0.15, 0.2) is 0 Å². The molecule has 0 aliphatic carbocycles. The molecule has 3 aliphatic rings. The highest BCUT2D eigenvalue weighted by Crippen LogP contribution is 2.40. The van der Waals surface area contributed by atoms with Crippen LogP contribution in [0.4, 0.5) is 10.7 Å². The standard InChI is InChI=1S/C42H50ClN9O6S/c1-24-25(2)59-42-37(24)38(27-11-13-28(43)14-12-27)49-32(39(45)52(42)26(3)44)22-36(55)47-19-21-58-20-18-46-17-6-4-5-10-34(53)48-31-9-7-8-29-30(31)23-51(41(29)57)33-15-16-35(54)50-40(33)56/h7-9,11-14,32-33,44-46H,4-6,10,15-23H2,1-3H3,(H,47,55)(H,48,53)(H,50,54,56)/t32-,33?/m0/s1. The summed E-state index contributed by atoms with van der Waals surface area (Å²) in [5.41, 5.74) is 5.05. The quantitative estimate of drug-likeness (QED) is 0.0466. The molecule has 59 heavy (non-hydrogen) atoms. The van der Waals surface area contributed by atoms with E-state index in [1.807, 2.05) is 26.0 Å². The van der Waals surface area contributed by atoms with Gasteiger partial charge in [-0.25, -0.2) is 0 Å². The predicted octanol–water partition coefficient (Wildman–Crippen LogP) is 5.09. The maximum absolute atomic E-state index is 13.1. The van der Waals surface area contributed by atoms with Crippen molar-refractivity contribution in [2.24, 2.45) is 4.99 Å². The van der Waals surface area contributed by atoms with Crippen molar-refractivity contribution in [2.45, 2.75) is 84.3 Å². The molecule has 0 radical (unpaired) electrons. The summed E-state index contributed by atoms with van der Waals surface area (Å²) in [4.78, 5) is 72.0. The first kappa shape index (κ1) is 43.3. The van der Waals surface area contributed by atoms with Crippen LogP contribution in [-0.4, -0.2) is 96.8 Å². The number of nitrogens with zero attached hydrogens (tertiary/aromatic N) is 3. The van der Waals surface area contributed by atoms with E-state index < -0.39 is 18.0 Å². The normalized spacial score (nSPS) is 17.6. The molecule has 2 atom stereocenters. The maximum atomic E-state index is 13.1. The number of anilines is 2. The smallest absolute Gasteiger partial charge is 0.255 e. The molecule has 0 saturated carbocycles. The summed E-state index contributed by atoms with van der Waals surface area (Å²) in [6.45, 7) is 8.31. The van der Waals surface area contributed by atoms with Crippen molar-refractivity contribution < 1.29 is 28.7 Å². The molecular formula is C42H50ClN9O6S. The number of nitrogens with one attached hydrogen (secondary N) is 6. The fourth-order valence-electron chi connectivity index (χ4n) is 7.40. The molecule has 3 aliphatic heterocycles. The van der Waals surface area contributed by atoms with Crippen molar-refractivity contribution in [3.8, 4) is 0 Å². The topological polar surface area (TPSA) is 209 Å². The first-order valence-electron chi connectivity index (χ1n) is 19.8. The Morgan fingerprint density at radius 3 is 2.53 bits per heavy atom. The third-order valence-electron chi connectivity index (χ3n) is 10.6. The van der Waals surface area contributed by atoms with Crippen LogP contribution in [0.25, 0.3) is 0 Å². The zero-order valence-electron chi connectivity index (χ0n) is 33.5. The summed E-state index contributed by atoms with van der Waals surface area (Å²) in [5, 5.41) is 30.4. The van der Waals surface area contributed by atoms with Crippen LogP contribution < -0.4 is 26.2 Å². The van der Waals surface area contributed by atoms with Gasteiger partial charge in [-0.3, -0.25) is 50.0 Å². The molecule has 1 unspecified atom stereocenters. The number of ether oxygens (including phenoxy) is 1. The third kappa shape index (κ3) is 10.3. The van der Waals surface area contributed by atoms with Crippen LogP contribution in [0.3, 0.4) is 0 Å². The molecule has 1 aromatic heterocycles. The van der Waals surface area contributed by atoms with Gasteiger partial charge in [0.05, 0.1) is 25.3 Å². The fourth-order valence-corrected chi connectivity index (χ4v) is 8.75. The molecule has 1 fully saturated rings. The van der Waals surface area contributed by atoms with Crippen LogP contribution in [0.5, 0.6) is 0 Å². The van der Waals surface area contributed by atoms with Gasteiger partial charge in [-0.05, 0) is 76.4 Å². The highest BCUT2D eigenvalue weighted by atomic mass is 35.5. The maximum Gasteiger partial charge on any atom is 0.255 e. The molecule has 15 nitrogen and oxygen atoms in total. The second-order valence-corrected chi connectivity index (χ2v) is 16.4. The lowest BCUT2D eigenvalue weighted by Crippen LogP contribution is -2.52. The van der Waals surface area contributed by atoms with Crippen LogP contribution in [-0.2, 0) is 30.5 Å². The van der Waals surface area contributed by atoms with Crippen molar-refractivity contribution in [1.29, 1.82) is 10.8 Å². The zero-order valence-corrected chi connectivity index (χ0v) is 35.0. The summed E-state index contributed by atoms with van der Waals surface area (Å²) in [5.74, 6) is -1.27. The highest BCUT2D eigenvalue weighted by molar-refractivity contribution is 7.17. The molecule has 5 amide bonds. The van der Waals surface area contributed by atoms with Gasteiger partial charge in [0.2, 0.25) is 23.6 Å². The van der Waals surface area contributed by atoms with Crippen molar-refractivity contribution in [1.82, 2.24) is 20.9 Å². The van der Waals surface area contributed by atoms with Crippen LogP contribution in [0.15, 0.2) is 47.5 Å². The molecule has 0 bridgehead atoms. The average Bonchev–Trinajstić information content (AvgIpc) is 3.64. The number of thiophene rings is 1. The number of aliphatic imine (C=N–C) groups is 1. The highest BCUT2D eigenvalue weighted by Gasteiger charge is 2.40. The molecule has 0 spiro atoms. The van der Waals surface area contributed by atoms with E-state index in [4.69, 9.17) is 32.1 Å². The molecule has 6 rings (SSSR count). The fraction of sp³-hybridized carbons (Fsp3) is 0.429. The number of imide groups is 1. The minimum Gasteiger partial charge on any atom is -0.378 e. The van der Waals surface area contributed by atoms with Gasteiger partial charge in [0.25, 0.3) is 5.91 Å². The Labute approximate surface area is 352 Å². The van der Waals surface area contributed by atoms with Gasteiger partial charge in [-0.15, -0.1) is 11.3 Å². The Morgan fingerprint density at radius 2 is 1.78 bits per heavy atom. The second-order valence-electron chi connectivity index (χ2n) is 14.8. The number of benzene rings is 2. The number of amides is 5. The monoisotopic (exact) mass is 843 g/mol. The molecular weight excluding hydrogens is 794 g/mol. The van der Waals surface area contributed by atoms with Crippen LogP contribution in [0.2, 0.25) is 5.02 Å². The van der Waals surface area contributed by atoms with Gasteiger partial charge in [0, 0.05) is 70.3 Å². The van der Waals surface area contributed by atoms with E-state index in [2.05, 4.69) is 21.3 Å². The van der Waals surface area contributed by atoms with Crippen molar-refractivity contribution >= 4 is 80.5 Å². The average molecular weight is 844 g/mol. The SMILES string of the molecule is CC(=N)N1C(=N)[C@H](CC(=O)NCCOCCNCCCCCC(=O)Nc2cccc3c2CN(C2CCC(=O)NC2=O)C3=O)N=C(c2ccc(Cl)cc2)c2c1sc(C)c2C. The van der Waals surface area contributed by atoms with Gasteiger partial charge in [-0.1, -0.05) is 36.2 Å². The minimum absolute atomic E-state index is 0.0592. The van der Waals surface area contributed by atoms with Crippen LogP contribution >= 0.6 is 22.9 Å². The molecule has 4 heterocycles. The van der Waals surface area contributed by atoms with Crippen molar-refractivity contribution in [3.63, 3.8) is 0 Å². The van der Waals surface area contributed by atoms with E-state index in [-0.39, 0.29) is 61.1 Å². The van der Waals surface area contributed by atoms with E-state index in [1.54, 1.807) is 42.2 Å². The van der Waals surface area contributed by atoms with E-state index in [9.17, 15) is 24.0 Å². The molecule has 1 saturated heterocycles. The van der Waals surface area contributed by atoms with Gasteiger partial charge in [0.1, 0.15) is 28.8 Å². The number of aryl methyl sites for hydroxylation is 1. The van der Waals surface area contributed by atoms with E-state index in [1.165, 1.54) is 16.2 Å². The number of piperidine rings is 1. The third-order valence-corrected chi connectivity index (χ3v) is 12.0.